The van der Waals surface area contributed by atoms with Crippen molar-refractivity contribution in [1.82, 2.24) is 0 Å². The van der Waals surface area contributed by atoms with Crippen LogP contribution in [0.15, 0.2) is 24.8 Å². The smallest absolute Gasteiger partial charge is 0.0236 e. The number of rotatable bonds is 9. The van der Waals surface area contributed by atoms with E-state index in [1.54, 1.807) is 0 Å². The van der Waals surface area contributed by atoms with Crippen LogP contribution in [0.2, 0.25) is 0 Å². The minimum absolute atomic E-state index is 0.815. The highest BCUT2D eigenvalue weighted by atomic mass is 14.2. The molecule has 0 heterocycles. The van der Waals surface area contributed by atoms with Gasteiger partial charge in [-0.2, -0.15) is 0 Å². The third kappa shape index (κ3) is 7.03. The minimum atomic E-state index is 0.815. The molecule has 0 unspecified atom stereocenters. The van der Waals surface area contributed by atoms with Gasteiger partial charge in [0.05, 0.1) is 0 Å². The lowest BCUT2D eigenvalue weighted by atomic mass is 9.80. The van der Waals surface area contributed by atoms with Crippen molar-refractivity contribution in [1.29, 1.82) is 0 Å². The largest absolute Gasteiger partial charge is 0.103 e. The van der Waals surface area contributed by atoms with E-state index in [4.69, 9.17) is 0 Å². The lowest BCUT2D eigenvalue weighted by Gasteiger charge is -2.26. The molecule has 0 nitrogen and oxygen atoms in total. The summed E-state index contributed by atoms with van der Waals surface area (Å²) >= 11 is 0. The molecule has 104 valence electrons. The molecule has 0 amide bonds. The Morgan fingerprint density at radius 1 is 0.944 bits per heavy atom. The van der Waals surface area contributed by atoms with Crippen molar-refractivity contribution < 1.29 is 0 Å². The maximum Gasteiger partial charge on any atom is -0.0236 e. The molecule has 0 heteroatoms. The number of allylic oxidation sites excluding steroid dienone is 3. The van der Waals surface area contributed by atoms with E-state index < -0.39 is 0 Å². The van der Waals surface area contributed by atoms with Crippen LogP contribution in [0, 0.1) is 11.8 Å². The lowest BCUT2D eigenvalue weighted by Crippen LogP contribution is -2.12. The SMILES string of the molecule is C=CC1CCC(CC/C=C/CCCCCC)CC1. The molecule has 0 atom stereocenters. The van der Waals surface area contributed by atoms with Gasteiger partial charge in [-0.3, -0.25) is 0 Å². The van der Waals surface area contributed by atoms with Crippen LogP contribution < -0.4 is 0 Å². The Bertz CT molecular complexity index is 218. The molecule has 0 aromatic carbocycles. The summed E-state index contributed by atoms with van der Waals surface area (Å²) in [5, 5.41) is 0. The standard InChI is InChI=1S/C18H32/c1-3-5-6-7-8-9-10-11-12-18-15-13-17(4-2)14-16-18/h4,9-10,17-18H,2-3,5-8,11-16H2,1H3/b10-9+. The second kappa shape index (κ2) is 10.4. The van der Waals surface area contributed by atoms with Gasteiger partial charge in [-0.05, 0) is 63.2 Å². The van der Waals surface area contributed by atoms with Gasteiger partial charge in [0.2, 0.25) is 0 Å². The van der Waals surface area contributed by atoms with E-state index in [1.807, 2.05) is 0 Å². The maximum absolute atomic E-state index is 3.92. The predicted molar refractivity (Wildman–Crippen MR) is 82.8 cm³/mol. The number of hydrogen-bond acceptors (Lipinski definition) is 0. The van der Waals surface area contributed by atoms with Gasteiger partial charge in [0.1, 0.15) is 0 Å². The maximum atomic E-state index is 3.92. The summed E-state index contributed by atoms with van der Waals surface area (Å²) in [5.74, 6) is 1.81. The second-order valence-electron chi connectivity index (χ2n) is 5.91. The normalized spacial score (nSPS) is 24.5. The van der Waals surface area contributed by atoms with Gasteiger partial charge in [-0.15, -0.1) is 6.58 Å². The summed E-state index contributed by atoms with van der Waals surface area (Å²) in [6.07, 6.45) is 22.2. The van der Waals surface area contributed by atoms with Crippen molar-refractivity contribution in [2.24, 2.45) is 11.8 Å². The van der Waals surface area contributed by atoms with Crippen molar-refractivity contribution in [3.63, 3.8) is 0 Å². The Hall–Kier alpha value is -0.520. The molecule has 0 spiro atoms. The van der Waals surface area contributed by atoms with Crippen molar-refractivity contribution in [2.45, 2.75) is 77.6 Å². The van der Waals surface area contributed by atoms with Crippen molar-refractivity contribution in [3.05, 3.63) is 24.8 Å². The second-order valence-corrected chi connectivity index (χ2v) is 5.91. The highest BCUT2D eigenvalue weighted by Gasteiger charge is 2.17. The van der Waals surface area contributed by atoms with Crippen LogP contribution in [-0.4, -0.2) is 0 Å². The molecule has 0 N–H and O–H groups in total. The van der Waals surface area contributed by atoms with Crippen LogP contribution >= 0.6 is 0 Å². The van der Waals surface area contributed by atoms with Crippen LogP contribution in [0.1, 0.15) is 77.6 Å². The first-order chi connectivity index (χ1) is 8.86. The Morgan fingerprint density at radius 2 is 1.67 bits per heavy atom. The van der Waals surface area contributed by atoms with E-state index in [2.05, 4.69) is 31.7 Å². The molecule has 0 aromatic heterocycles. The summed E-state index contributed by atoms with van der Waals surface area (Å²) in [6, 6.07) is 0. The third-order valence-corrected chi connectivity index (χ3v) is 4.36. The molecular weight excluding hydrogens is 216 g/mol. The fraction of sp³-hybridized carbons (Fsp3) is 0.778. The van der Waals surface area contributed by atoms with Gasteiger partial charge in [0.15, 0.2) is 0 Å². The van der Waals surface area contributed by atoms with Gasteiger partial charge in [0, 0.05) is 0 Å². The summed E-state index contributed by atoms with van der Waals surface area (Å²) < 4.78 is 0. The molecule has 18 heavy (non-hydrogen) atoms. The van der Waals surface area contributed by atoms with E-state index in [-0.39, 0.29) is 0 Å². The zero-order valence-electron chi connectivity index (χ0n) is 12.4. The van der Waals surface area contributed by atoms with E-state index in [0.717, 1.165) is 11.8 Å². The first kappa shape index (κ1) is 15.5. The Labute approximate surface area is 115 Å². The zero-order valence-corrected chi connectivity index (χ0v) is 12.4. The summed E-state index contributed by atoms with van der Waals surface area (Å²) in [4.78, 5) is 0. The van der Waals surface area contributed by atoms with E-state index in [9.17, 15) is 0 Å². The molecule has 0 saturated heterocycles. The number of hydrogen-bond donors (Lipinski definition) is 0. The topological polar surface area (TPSA) is 0 Å². The Morgan fingerprint density at radius 3 is 2.33 bits per heavy atom. The quantitative estimate of drug-likeness (QED) is 0.332. The number of unbranched alkanes of at least 4 members (excludes halogenated alkanes) is 4. The first-order valence-electron chi connectivity index (χ1n) is 8.14. The van der Waals surface area contributed by atoms with Gasteiger partial charge >= 0.3 is 0 Å². The molecular formula is C18H32. The van der Waals surface area contributed by atoms with Crippen molar-refractivity contribution >= 4 is 0 Å². The minimum Gasteiger partial charge on any atom is -0.103 e. The van der Waals surface area contributed by atoms with Crippen LogP contribution in [0.25, 0.3) is 0 Å². The Kier molecular flexibility index (Phi) is 8.98. The van der Waals surface area contributed by atoms with Crippen molar-refractivity contribution in [2.75, 3.05) is 0 Å². The van der Waals surface area contributed by atoms with Crippen LogP contribution in [0.3, 0.4) is 0 Å². The molecule has 1 saturated carbocycles. The van der Waals surface area contributed by atoms with Crippen molar-refractivity contribution in [3.8, 4) is 0 Å². The highest BCUT2D eigenvalue weighted by Crippen LogP contribution is 2.31. The van der Waals surface area contributed by atoms with Gasteiger partial charge in [0.25, 0.3) is 0 Å². The van der Waals surface area contributed by atoms with Gasteiger partial charge in [-0.25, -0.2) is 0 Å². The van der Waals surface area contributed by atoms with Crippen LogP contribution in [-0.2, 0) is 0 Å². The highest BCUT2D eigenvalue weighted by molar-refractivity contribution is 4.86. The molecule has 1 rings (SSSR count). The average molecular weight is 248 g/mol. The molecule has 1 aliphatic rings. The monoisotopic (exact) mass is 248 g/mol. The summed E-state index contributed by atoms with van der Waals surface area (Å²) in [5.41, 5.74) is 0. The fourth-order valence-electron chi connectivity index (χ4n) is 2.97. The molecule has 0 radical (unpaired) electrons. The zero-order chi connectivity index (χ0) is 13.1. The predicted octanol–water partition coefficient (Wildman–Crippen LogP) is 6.29. The van der Waals surface area contributed by atoms with Crippen LogP contribution in [0.4, 0.5) is 0 Å². The lowest BCUT2D eigenvalue weighted by molar-refractivity contribution is 0.297. The molecule has 1 fully saturated rings. The molecule has 1 aliphatic carbocycles. The Balaban J connectivity index is 1.94. The van der Waals surface area contributed by atoms with Gasteiger partial charge in [-0.1, -0.05) is 44.4 Å². The van der Waals surface area contributed by atoms with Crippen LogP contribution in [0.5, 0.6) is 0 Å². The molecule has 0 bridgehead atoms. The summed E-state index contributed by atoms with van der Waals surface area (Å²) in [6.45, 7) is 6.19. The first-order valence-corrected chi connectivity index (χ1v) is 8.14. The third-order valence-electron chi connectivity index (χ3n) is 4.36. The summed E-state index contributed by atoms with van der Waals surface area (Å²) in [7, 11) is 0. The van der Waals surface area contributed by atoms with E-state index in [1.165, 1.54) is 70.6 Å². The average Bonchev–Trinajstić information content (AvgIpc) is 2.42. The molecule has 0 aromatic rings. The van der Waals surface area contributed by atoms with Gasteiger partial charge < -0.3 is 0 Å². The van der Waals surface area contributed by atoms with E-state index in [0.29, 0.717) is 0 Å². The fourth-order valence-corrected chi connectivity index (χ4v) is 2.97. The molecule has 0 aliphatic heterocycles. The van der Waals surface area contributed by atoms with E-state index >= 15 is 0 Å².